The molecule has 0 atom stereocenters. The number of amides is 2. The average molecular weight is 342 g/mol. The minimum absolute atomic E-state index is 0.0777. The van der Waals surface area contributed by atoms with Gasteiger partial charge in [-0.1, -0.05) is 13.3 Å². The maximum Gasteiger partial charge on any atom is 0.253 e. The summed E-state index contributed by atoms with van der Waals surface area (Å²) in [5.74, 6) is 0.0293. The van der Waals surface area contributed by atoms with Gasteiger partial charge in [0.05, 0.1) is 11.6 Å². The van der Waals surface area contributed by atoms with Gasteiger partial charge in [-0.25, -0.2) is 0 Å². The highest BCUT2D eigenvalue weighted by Gasteiger charge is 2.20. The van der Waals surface area contributed by atoms with Crippen LogP contribution in [0.3, 0.4) is 0 Å². The van der Waals surface area contributed by atoms with Gasteiger partial charge in [0.15, 0.2) is 0 Å². The normalized spacial score (nSPS) is 14.0. The molecule has 0 bridgehead atoms. The first-order valence-electron chi connectivity index (χ1n) is 8.93. The van der Waals surface area contributed by atoms with Crippen LogP contribution in [0.2, 0.25) is 0 Å². The van der Waals surface area contributed by atoms with Crippen LogP contribution in [0.1, 0.15) is 42.1 Å². The molecule has 0 unspecified atom stereocenters. The molecule has 1 aromatic carbocycles. The summed E-state index contributed by atoms with van der Waals surface area (Å²) in [6, 6.07) is 8.71. The number of hydrogen-bond acceptors (Lipinski definition) is 4. The summed E-state index contributed by atoms with van der Waals surface area (Å²) in [5.41, 5.74) is 1.09. The van der Waals surface area contributed by atoms with E-state index in [4.69, 9.17) is 5.26 Å². The fourth-order valence-corrected chi connectivity index (χ4v) is 2.84. The van der Waals surface area contributed by atoms with Gasteiger partial charge in [0.1, 0.15) is 0 Å². The van der Waals surface area contributed by atoms with Crippen molar-refractivity contribution in [3.8, 4) is 6.07 Å². The summed E-state index contributed by atoms with van der Waals surface area (Å²) >= 11 is 0. The smallest absolute Gasteiger partial charge is 0.253 e. The van der Waals surface area contributed by atoms with Gasteiger partial charge in [-0.15, -0.1) is 0 Å². The molecule has 0 saturated carbocycles. The van der Waals surface area contributed by atoms with Gasteiger partial charge in [0.25, 0.3) is 5.91 Å². The van der Waals surface area contributed by atoms with E-state index in [1.165, 1.54) is 0 Å². The van der Waals surface area contributed by atoms with E-state index in [1.807, 2.05) is 4.90 Å². The number of rotatable bonds is 7. The molecule has 1 aromatic rings. The molecule has 6 heteroatoms. The Labute approximate surface area is 149 Å². The summed E-state index contributed by atoms with van der Waals surface area (Å²) in [7, 11) is 0. The fraction of sp³-hybridized carbons (Fsp3) is 0.526. The number of carbonyl (C=O) groups excluding carboxylic acids is 2. The Morgan fingerprint density at radius 1 is 1.20 bits per heavy atom. The topological polar surface area (TPSA) is 76.4 Å². The molecular formula is C19H26N4O2. The van der Waals surface area contributed by atoms with E-state index in [2.05, 4.69) is 18.3 Å². The first kappa shape index (κ1) is 18.9. The highest BCUT2D eigenvalue weighted by molar-refractivity contribution is 5.94. The van der Waals surface area contributed by atoms with Crippen LogP contribution in [-0.2, 0) is 4.79 Å². The standard InChI is InChI=1S/C19H26N4O2/c1-2-3-11-23(12-8-18(24)22-13-9-21-10-14-22)19(25)17-6-4-16(15-20)5-7-17/h4-7,21H,2-3,8-14H2,1H3. The second-order valence-corrected chi connectivity index (χ2v) is 6.22. The maximum absolute atomic E-state index is 12.7. The second kappa shape index (κ2) is 9.80. The zero-order valence-electron chi connectivity index (χ0n) is 14.8. The number of piperazine rings is 1. The van der Waals surface area contributed by atoms with Crippen LogP contribution in [0, 0.1) is 11.3 Å². The third kappa shape index (κ3) is 5.57. The summed E-state index contributed by atoms with van der Waals surface area (Å²) in [6.45, 7) is 6.28. The predicted molar refractivity (Wildman–Crippen MR) is 96.0 cm³/mol. The molecule has 6 nitrogen and oxygen atoms in total. The quantitative estimate of drug-likeness (QED) is 0.817. The summed E-state index contributed by atoms with van der Waals surface area (Å²) in [5, 5.41) is 12.1. The van der Waals surface area contributed by atoms with Gasteiger partial charge in [-0.05, 0) is 30.7 Å². The van der Waals surface area contributed by atoms with E-state index in [0.717, 1.165) is 39.0 Å². The molecule has 0 aromatic heterocycles. The Morgan fingerprint density at radius 3 is 2.48 bits per heavy atom. The van der Waals surface area contributed by atoms with E-state index in [9.17, 15) is 9.59 Å². The third-order valence-electron chi connectivity index (χ3n) is 4.40. The zero-order valence-corrected chi connectivity index (χ0v) is 14.8. The zero-order chi connectivity index (χ0) is 18.1. The minimum Gasteiger partial charge on any atom is -0.340 e. The van der Waals surface area contributed by atoms with Crippen molar-refractivity contribution in [3.05, 3.63) is 35.4 Å². The molecule has 0 spiro atoms. The number of benzene rings is 1. The van der Waals surface area contributed by atoms with Crippen LogP contribution in [0.4, 0.5) is 0 Å². The van der Waals surface area contributed by atoms with Crippen molar-refractivity contribution in [2.45, 2.75) is 26.2 Å². The van der Waals surface area contributed by atoms with E-state index >= 15 is 0 Å². The molecule has 1 aliphatic rings. The SMILES string of the molecule is CCCCN(CCC(=O)N1CCNCC1)C(=O)c1ccc(C#N)cc1. The van der Waals surface area contributed by atoms with Crippen LogP contribution < -0.4 is 5.32 Å². The van der Waals surface area contributed by atoms with Gasteiger partial charge in [-0.3, -0.25) is 9.59 Å². The lowest BCUT2D eigenvalue weighted by atomic mass is 10.1. The second-order valence-electron chi connectivity index (χ2n) is 6.22. The average Bonchev–Trinajstić information content (AvgIpc) is 2.68. The van der Waals surface area contributed by atoms with Gasteiger partial charge < -0.3 is 15.1 Å². The van der Waals surface area contributed by atoms with Gasteiger partial charge in [-0.2, -0.15) is 5.26 Å². The number of nitrogens with zero attached hydrogens (tertiary/aromatic N) is 3. The molecule has 0 radical (unpaired) electrons. The molecule has 0 aliphatic carbocycles. The van der Waals surface area contributed by atoms with E-state index in [-0.39, 0.29) is 11.8 Å². The number of carbonyl (C=O) groups is 2. The Hall–Kier alpha value is -2.39. The molecule has 1 N–H and O–H groups in total. The fourth-order valence-electron chi connectivity index (χ4n) is 2.84. The molecule has 1 saturated heterocycles. The Bertz CT molecular complexity index is 615. The first-order valence-corrected chi connectivity index (χ1v) is 8.93. The van der Waals surface area contributed by atoms with Crippen LogP contribution >= 0.6 is 0 Å². The summed E-state index contributed by atoms with van der Waals surface area (Å²) < 4.78 is 0. The minimum atomic E-state index is -0.0777. The van der Waals surface area contributed by atoms with Crippen LogP contribution in [0.25, 0.3) is 0 Å². The monoisotopic (exact) mass is 342 g/mol. The maximum atomic E-state index is 12.7. The number of nitrogens with one attached hydrogen (secondary N) is 1. The van der Waals surface area contributed by atoms with Crippen molar-refractivity contribution in [2.75, 3.05) is 39.3 Å². The molecule has 134 valence electrons. The van der Waals surface area contributed by atoms with E-state index in [1.54, 1.807) is 29.2 Å². The van der Waals surface area contributed by atoms with Crippen molar-refractivity contribution < 1.29 is 9.59 Å². The van der Waals surface area contributed by atoms with E-state index < -0.39 is 0 Å². The molecule has 2 rings (SSSR count). The molecule has 2 amide bonds. The van der Waals surface area contributed by atoms with Crippen molar-refractivity contribution in [1.29, 1.82) is 5.26 Å². The van der Waals surface area contributed by atoms with Crippen LogP contribution in [-0.4, -0.2) is 60.9 Å². The van der Waals surface area contributed by atoms with Gasteiger partial charge in [0, 0.05) is 51.3 Å². The molecule has 25 heavy (non-hydrogen) atoms. The van der Waals surface area contributed by atoms with Crippen LogP contribution in [0.15, 0.2) is 24.3 Å². The van der Waals surface area contributed by atoms with Crippen molar-refractivity contribution in [3.63, 3.8) is 0 Å². The van der Waals surface area contributed by atoms with Gasteiger partial charge in [0.2, 0.25) is 5.91 Å². The Balaban J connectivity index is 1.97. The van der Waals surface area contributed by atoms with E-state index in [0.29, 0.717) is 30.6 Å². The number of unbranched alkanes of at least 4 members (excludes halogenated alkanes) is 1. The first-order chi connectivity index (χ1) is 12.2. The lowest BCUT2D eigenvalue weighted by molar-refractivity contribution is -0.131. The van der Waals surface area contributed by atoms with Crippen LogP contribution in [0.5, 0.6) is 0 Å². The summed E-state index contributed by atoms with van der Waals surface area (Å²) in [6.07, 6.45) is 2.25. The van der Waals surface area contributed by atoms with Crippen molar-refractivity contribution in [2.24, 2.45) is 0 Å². The van der Waals surface area contributed by atoms with Gasteiger partial charge >= 0.3 is 0 Å². The van der Waals surface area contributed by atoms with Crippen molar-refractivity contribution >= 4 is 11.8 Å². The molecule has 1 fully saturated rings. The highest BCUT2D eigenvalue weighted by atomic mass is 16.2. The molecule has 1 aliphatic heterocycles. The molecular weight excluding hydrogens is 316 g/mol. The lowest BCUT2D eigenvalue weighted by Crippen LogP contribution is -2.47. The predicted octanol–water partition coefficient (Wildman–Crippen LogP) is 1.62. The lowest BCUT2D eigenvalue weighted by Gasteiger charge is -2.29. The number of nitriles is 1. The largest absolute Gasteiger partial charge is 0.340 e. The summed E-state index contributed by atoms with van der Waals surface area (Å²) in [4.78, 5) is 28.7. The van der Waals surface area contributed by atoms with Crippen molar-refractivity contribution in [1.82, 2.24) is 15.1 Å². The Morgan fingerprint density at radius 2 is 1.88 bits per heavy atom. The highest BCUT2D eigenvalue weighted by Crippen LogP contribution is 2.10. The Kier molecular flexibility index (Phi) is 7.42. The number of hydrogen-bond donors (Lipinski definition) is 1. The molecule has 1 heterocycles. The third-order valence-corrected chi connectivity index (χ3v) is 4.40.